The molecule has 1 saturated heterocycles. The van der Waals surface area contributed by atoms with Crippen LogP contribution in [0.15, 0.2) is 30.3 Å². The minimum atomic E-state index is -5.08. The standard InChI is InChI=1S/C29H34ClF3N2O4.C2HF3O2/c1-28(2,3)13-23-29(17-11-19(31)20(32)12-21(17)34-27(29)39)24(16-8-6-9-18(30)25(16)33)26(35(23)4)22(38)10-5-7-15(37)14-36;3-2(4,5)1(6)7/h6,8-9,11-12,15,23-24,26,36-37H,5,7,10,13-14H2,1-4H3,(H,34,39);(H,6,7)/t15-,23+,24-,26-,29-;/m0./s1. The summed E-state index contributed by atoms with van der Waals surface area (Å²) in [6.45, 7) is 5.46. The minimum Gasteiger partial charge on any atom is -0.475 e. The van der Waals surface area contributed by atoms with Gasteiger partial charge in [-0.15, -0.1) is 0 Å². The number of fused-ring (bicyclic) bond motifs is 2. The van der Waals surface area contributed by atoms with Crippen molar-refractivity contribution in [1.29, 1.82) is 0 Å². The molecular formula is C31H35ClF6N2O6. The van der Waals surface area contributed by atoms with Crippen molar-refractivity contribution >= 4 is 34.9 Å². The van der Waals surface area contributed by atoms with E-state index in [2.05, 4.69) is 5.32 Å². The van der Waals surface area contributed by atoms with Crippen molar-refractivity contribution in [2.75, 3.05) is 19.0 Å². The quantitative estimate of drug-likeness (QED) is 0.269. The molecule has 1 amide bonds. The molecule has 0 saturated carbocycles. The van der Waals surface area contributed by atoms with Crippen molar-refractivity contribution in [3.8, 4) is 0 Å². The fraction of sp³-hybridized carbons (Fsp3) is 0.516. The summed E-state index contributed by atoms with van der Waals surface area (Å²) in [4.78, 5) is 38.6. The van der Waals surface area contributed by atoms with Crippen LogP contribution in [0.25, 0.3) is 0 Å². The zero-order chi connectivity index (χ0) is 34.9. The summed E-state index contributed by atoms with van der Waals surface area (Å²) in [6, 6.07) is 4.56. The molecule has 4 N–H and O–H groups in total. The fourth-order valence-electron chi connectivity index (χ4n) is 6.41. The number of carboxylic acid groups (broad SMARTS) is 1. The van der Waals surface area contributed by atoms with Gasteiger partial charge in [-0.2, -0.15) is 13.2 Å². The second-order valence-electron chi connectivity index (χ2n) is 12.6. The van der Waals surface area contributed by atoms with E-state index in [9.17, 15) is 36.6 Å². The zero-order valence-corrected chi connectivity index (χ0v) is 26.1. The summed E-state index contributed by atoms with van der Waals surface area (Å²) in [5.74, 6) is -7.82. The van der Waals surface area contributed by atoms with E-state index in [4.69, 9.17) is 26.6 Å². The summed E-state index contributed by atoms with van der Waals surface area (Å²) in [5.41, 5.74) is -1.72. The molecule has 2 aromatic carbocycles. The van der Waals surface area contributed by atoms with Crippen molar-refractivity contribution in [3.63, 3.8) is 0 Å². The normalized spacial score (nSPS) is 23.5. The first-order valence-electron chi connectivity index (χ1n) is 14.3. The van der Waals surface area contributed by atoms with Crippen LogP contribution >= 0.6 is 11.6 Å². The molecule has 2 heterocycles. The van der Waals surface area contributed by atoms with Gasteiger partial charge in [0.2, 0.25) is 5.91 Å². The average Bonchev–Trinajstić information content (AvgIpc) is 3.35. The number of hydrogen-bond donors (Lipinski definition) is 4. The zero-order valence-electron chi connectivity index (χ0n) is 25.4. The number of likely N-dealkylation sites (N-methyl/N-ethyl adjacent to an activating group) is 1. The van der Waals surface area contributed by atoms with E-state index < -0.39 is 71.6 Å². The van der Waals surface area contributed by atoms with Crippen LogP contribution in [-0.2, 0) is 19.8 Å². The number of rotatable bonds is 8. The van der Waals surface area contributed by atoms with Crippen LogP contribution in [0, 0.1) is 22.9 Å². The Kier molecular flexibility index (Phi) is 11.2. The summed E-state index contributed by atoms with van der Waals surface area (Å²) in [7, 11) is 1.69. The molecule has 0 radical (unpaired) electrons. The highest BCUT2D eigenvalue weighted by molar-refractivity contribution is 6.30. The predicted octanol–water partition coefficient (Wildman–Crippen LogP) is 5.58. The second kappa shape index (κ2) is 13.9. The van der Waals surface area contributed by atoms with Crippen LogP contribution in [0.4, 0.5) is 32.0 Å². The van der Waals surface area contributed by atoms with Gasteiger partial charge in [-0.25, -0.2) is 18.0 Å². The summed E-state index contributed by atoms with van der Waals surface area (Å²) in [6.07, 6.45) is -5.25. The van der Waals surface area contributed by atoms with Crippen molar-refractivity contribution in [2.45, 2.75) is 82.2 Å². The number of aliphatic hydroxyl groups is 2. The molecule has 15 heteroatoms. The van der Waals surface area contributed by atoms with Crippen molar-refractivity contribution in [1.82, 2.24) is 4.90 Å². The van der Waals surface area contributed by atoms with Gasteiger partial charge >= 0.3 is 12.1 Å². The molecule has 4 rings (SSSR count). The summed E-state index contributed by atoms with van der Waals surface area (Å²) in [5, 5.41) is 28.5. The summed E-state index contributed by atoms with van der Waals surface area (Å²) < 4.78 is 76.6. The number of halogens is 7. The van der Waals surface area contributed by atoms with Crippen molar-refractivity contribution < 1.29 is 56.0 Å². The molecule has 254 valence electrons. The number of alkyl halides is 3. The van der Waals surface area contributed by atoms with Gasteiger partial charge in [0.1, 0.15) is 11.2 Å². The highest BCUT2D eigenvalue weighted by atomic mass is 35.5. The molecule has 46 heavy (non-hydrogen) atoms. The van der Waals surface area contributed by atoms with Crippen LogP contribution in [-0.4, -0.2) is 75.9 Å². The molecule has 2 aliphatic rings. The molecule has 5 atom stereocenters. The van der Waals surface area contributed by atoms with E-state index in [1.807, 2.05) is 20.8 Å². The number of ketones is 1. The number of benzene rings is 2. The Morgan fingerprint density at radius 1 is 1.11 bits per heavy atom. The number of carbonyl (C=O) groups excluding carboxylic acids is 2. The van der Waals surface area contributed by atoms with Crippen LogP contribution in [0.5, 0.6) is 0 Å². The van der Waals surface area contributed by atoms with Gasteiger partial charge < -0.3 is 20.6 Å². The third-order valence-electron chi connectivity index (χ3n) is 8.26. The highest BCUT2D eigenvalue weighted by Gasteiger charge is 2.68. The predicted molar refractivity (Wildman–Crippen MR) is 156 cm³/mol. The number of aliphatic hydroxyl groups excluding tert-OH is 2. The maximum absolute atomic E-state index is 15.8. The number of nitrogens with one attached hydrogen (secondary N) is 1. The van der Waals surface area contributed by atoms with Gasteiger partial charge in [0, 0.05) is 30.1 Å². The van der Waals surface area contributed by atoms with E-state index in [0.29, 0.717) is 6.42 Å². The Labute approximate surface area is 266 Å². The van der Waals surface area contributed by atoms with Crippen LogP contribution in [0.3, 0.4) is 0 Å². The summed E-state index contributed by atoms with van der Waals surface area (Å²) >= 11 is 6.18. The van der Waals surface area contributed by atoms with Gasteiger partial charge in [0.05, 0.1) is 23.8 Å². The Balaban J connectivity index is 0.000000738. The number of anilines is 1. The Morgan fingerprint density at radius 3 is 2.24 bits per heavy atom. The van der Waals surface area contributed by atoms with Gasteiger partial charge in [0.15, 0.2) is 17.4 Å². The number of hydrogen-bond acceptors (Lipinski definition) is 6. The Morgan fingerprint density at radius 2 is 1.70 bits per heavy atom. The Hall–Kier alpha value is -3.20. The van der Waals surface area contributed by atoms with E-state index in [-0.39, 0.29) is 52.3 Å². The largest absolute Gasteiger partial charge is 0.490 e. The molecule has 0 aromatic heterocycles. The number of nitrogens with zero attached hydrogens (tertiary/aromatic N) is 1. The molecule has 2 aliphatic heterocycles. The van der Waals surface area contributed by atoms with Gasteiger partial charge in [-0.1, -0.05) is 44.5 Å². The van der Waals surface area contributed by atoms with E-state index in [1.165, 1.54) is 18.2 Å². The van der Waals surface area contributed by atoms with Crippen LogP contribution in [0.2, 0.25) is 5.02 Å². The molecule has 0 bridgehead atoms. The number of carboxylic acids is 1. The molecule has 2 aromatic rings. The third-order valence-corrected chi connectivity index (χ3v) is 8.55. The van der Waals surface area contributed by atoms with Crippen LogP contribution < -0.4 is 5.32 Å². The smallest absolute Gasteiger partial charge is 0.475 e. The molecule has 1 spiro atoms. The maximum Gasteiger partial charge on any atom is 0.490 e. The molecule has 0 unspecified atom stereocenters. The molecule has 8 nitrogen and oxygen atoms in total. The van der Waals surface area contributed by atoms with Gasteiger partial charge in [0.25, 0.3) is 0 Å². The Bertz CT molecular complexity index is 1480. The first-order valence-corrected chi connectivity index (χ1v) is 14.6. The SMILES string of the molecule is CN1[C@@H](C(=O)CCC[C@H](O)CO)[C@H](c2cccc(Cl)c2F)[C@@]2(C(=O)Nc3cc(F)c(F)cc32)[C@H]1CC(C)(C)C.O=C(O)C(F)(F)F. The molecular weight excluding hydrogens is 646 g/mol. The first-order chi connectivity index (χ1) is 21.2. The lowest BCUT2D eigenvalue weighted by atomic mass is 9.62. The third kappa shape index (κ3) is 7.35. The minimum absolute atomic E-state index is 0.00464. The first kappa shape index (κ1) is 37.3. The lowest BCUT2D eigenvalue weighted by Gasteiger charge is -2.39. The number of amides is 1. The van der Waals surface area contributed by atoms with Gasteiger partial charge in [-0.3, -0.25) is 14.5 Å². The molecule has 1 fully saturated rings. The fourth-order valence-corrected chi connectivity index (χ4v) is 6.59. The lowest BCUT2D eigenvalue weighted by molar-refractivity contribution is -0.192. The number of aliphatic carboxylic acids is 1. The van der Waals surface area contributed by atoms with Crippen LogP contribution in [0.1, 0.15) is 63.5 Å². The van der Waals surface area contributed by atoms with Gasteiger partial charge in [-0.05, 0) is 55.0 Å². The number of likely N-dealkylation sites (tertiary alicyclic amines) is 1. The number of carbonyl (C=O) groups is 3. The lowest BCUT2D eigenvalue weighted by Crippen LogP contribution is -2.50. The topological polar surface area (TPSA) is 127 Å². The average molecular weight is 681 g/mol. The van der Waals surface area contributed by atoms with E-state index in [1.54, 1.807) is 11.9 Å². The molecule has 0 aliphatic carbocycles. The van der Waals surface area contributed by atoms with Crippen molar-refractivity contribution in [3.05, 3.63) is 63.9 Å². The maximum atomic E-state index is 15.8. The highest BCUT2D eigenvalue weighted by Crippen LogP contribution is 2.60. The number of Topliss-reactive ketones (excluding diaryl/α,β-unsaturated/α-hetero) is 1. The monoisotopic (exact) mass is 680 g/mol. The van der Waals surface area contributed by atoms with E-state index >= 15 is 4.39 Å². The van der Waals surface area contributed by atoms with E-state index in [0.717, 1.165) is 12.1 Å². The van der Waals surface area contributed by atoms with Crippen molar-refractivity contribution in [2.24, 2.45) is 5.41 Å². The second-order valence-corrected chi connectivity index (χ2v) is 13.1.